The summed E-state index contributed by atoms with van der Waals surface area (Å²) in [5, 5.41) is 12.1. The summed E-state index contributed by atoms with van der Waals surface area (Å²) in [4.78, 5) is 11.6. The second-order valence-electron chi connectivity index (χ2n) is 3.56. The summed E-state index contributed by atoms with van der Waals surface area (Å²) in [5.41, 5.74) is 6.13. The maximum atomic E-state index is 11.6. The van der Waals surface area contributed by atoms with Gasteiger partial charge in [0, 0.05) is 11.6 Å². The van der Waals surface area contributed by atoms with Gasteiger partial charge in [-0.3, -0.25) is 4.79 Å². The van der Waals surface area contributed by atoms with E-state index in [1.807, 2.05) is 13.8 Å². The smallest absolute Gasteiger partial charge is 0.251 e. The molecule has 1 aromatic carbocycles. The summed E-state index contributed by atoms with van der Waals surface area (Å²) in [6.07, 6.45) is 0.868. The zero-order valence-electron chi connectivity index (χ0n) is 8.95. The summed E-state index contributed by atoms with van der Waals surface area (Å²) >= 11 is 0. The summed E-state index contributed by atoms with van der Waals surface area (Å²) in [6, 6.07) is 4.60. The molecule has 0 bridgehead atoms. The van der Waals surface area contributed by atoms with Gasteiger partial charge in [-0.1, -0.05) is 6.92 Å². The highest BCUT2D eigenvalue weighted by Crippen LogP contribution is 2.20. The van der Waals surface area contributed by atoms with E-state index in [1.165, 1.54) is 12.1 Å². The largest absolute Gasteiger partial charge is 0.506 e. The van der Waals surface area contributed by atoms with Crippen LogP contribution < -0.4 is 11.1 Å². The first-order chi connectivity index (χ1) is 7.04. The number of anilines is 1. The molecule has 0 saturated heterocycles. The fourth-order valence-corrected chi connectivity index (χ4v) is 1.09. The van der Waals surface area contributed by atoms with Gasteiger partial charge < -0.3 is 16.2 Å². The quantitative estimate of drug-likeness (QED) is 0.520. The van der Waals surface area contributed by atoms with Crippen molar-refractivity contribution in [3.63, 3.8) is 0 Å². The zero-order valence-corrected chi connectivity index (χ0v) is 8.95. The van der Waals surface area contributed by atoms with Gasteiger partial charge in [0.2, 0.25) is 0 Å². The van der Waals surface area contributed by atoms with E-state index in [0.717, 1.165) is 6.42 Å². The Morgan fingerprint density at radius 2 is 2.27 bits per heavy atom. The van der Waals surface area contributed by atoms with Gasteiger partial charge in [0.25, 0.3) is 5.91 Å². The SMILES string of the molecule is CCC(C)NC(=O)c1ccc(N)c(O)c1. The Kier molecular flexibility index (Phi) is 3.55. The van der Waals surface area contributed by atoms with Gasteiger partial charge in [-0.15, -0.1) is 0 Å². The van der Waals surface area contributed by atoms with Gasteiger partial charge in [0.1, 0.15) is 5.75 Å². The molecule has 0 aromatic heterocycles. The van der Waals surface area contributed by atoms with Crippen molar-refractivity contribution in [1.29, 1.82) is 0 Å². The lowest BCUT2D eigenvalue weighted by atomic mass is 10.1. The second-order valence-corrected chi connectivity index (χ2v) is 3.56. The highest BCUT2D eigenvalue weighted by atomic mass is 16.3. The second kappa shape index (κ2) is 4.68. The number of phenolic OH excluding ortho intramolecular Hbond substituents is 1. The molecule has 1 unspecified atom stereocenters. The number of benzene rings is 1. The summed E-state index contributed by atoms with van der Waals surface area (Å²) < 4.78 is 0. The van der Waals surface area contributed by atoms with Crippen molar-refractivity contribution in [2.24, 2.45) is 0 Å². The third-order valence-electron chi connectivity index (χ3n) is 2.28. The van der Waals surface area contributed by atoms with Gasteiger partial charge in [-0.05, 0) is 31.5 Å². The number of rotatable bonds is 3. The first kappa shape index (κ1) is 11.4. The normalized spacial score (nSPS) is 12.1. The van der Waals surface area contributed by atoms with Crippen LogP contribution in [-0.4, -0.2) is 17.1 Å². The van der Waals surface area contributed by atoms with Crippen molar-refractivity contribution in [1.82, 2.24) is 5.32 Å². The van der Waals surface area contributed by atoms with Gasteiger partial charge in [-0.2, -0.15) is 0 Å². The lowest BCUT2D eigenvalue weighted by Crippen LogP contribution is -2.31. The maximum Gasteiger partial charge on any atom is 0.251 e. The highest BCUT2D eigenvalue weighted by molar-refractivity contribution is 5.95. The molecule has 1 rings (SSSR count). The third-order valence-corrected chi connectivity index (χ3v) is 2.28. The molecule has 0 aliphatic carbocycles. The molecule has 4 N–H and O–H groups in total. The fraction of sp³-hybridized carbons (Fsp3) is 0.364. The predicted molar refractivity (Wildman–Crippen MR) is 59.7 cm³/mol. The number of carbonyl (C=O) groups is 1. The molecule has 1 aromatic rings. The molecule has 0 radical (unpaired) electrons. The van der Waals surface area contributed by atoms with E-state index in [4.69, 9.17) is 5.73 Å². The van der Waals surface area contributed by atoms with Gasteiger partial charge in [0.15, 0.2) is 0 Å². The molecule has 1 atom stereocenters. The Morgan fingerprint density at radius 3 is 2.80 bits per heavy atom. The molecule has 0 fully saturated rings. The van der Waals surface area contributed by atoms with Crippen molar-refractivity contribution < 1.29 is 9.90 Å². The number of nitrogens with one attached hydrogen (secondary N) is 1. The number of hydrogen-bond donors (Lipinski definition) is 3. The maximum absolute atomic E-state index is 11.6. The monoisotopic (exact) mass is 208 g/mol. The predicted octanol–water partition coefficient (Wildman–Crippen LogP) is 1.50. The molecule has 4 nitrogen and oxygen atoms in total. The molecular formula is C11H16N2O2. The van der Waals surface area contributed by atoms with Crippen LogP contribution in [0.2, 0.25) is 0 Å². The molecule has 0 aliphatic rings. The molecule has 4 heteroatoms. The molecule has 15 heavy (non-hydrogen) atoms. The van der Waals surface area contributed by atoms with E-state index < -0.39 is 0 Å². The number of amides is 1. The number of carbonyl (C=O) groups excluding carboxylic acids is 1. The zero-order chi connectivity index (χ0) is 11.4. The first-order valence-electron chi connectivity index (χ1n) is 4.94. The van der Waals surface area contributed by atoms with Gasteiger partial charge in [-0.25, -0.2) is 0 Å². The van der Waals surface area contributed by atoms with E-state index in [2.05, 4.69) is 5.32 Å². The van der Waals surface area contributed by atoms with E-state index in [0.29, 0.717) is 5.56 Å². The van der Waals surface area contributed by atoms with E-state index in [-0.39, 0.29) is 23.4 Å². The third kappa shape index (κ3) is 2.87. The van der Waals surface area contributed by atoms with E-state index >= 15 is 0 Å². The fourth-order valence-electron chi connectivity index (χ4n) is 1.09. The van der Waals surface area contributed by atoms with E-state index in [9.17, 15) is 9.90 Å². The minimum Gasteiger partial charge on any atom is -0.506 e. The minimum absolute atomic E-state index is 0.0631. The van der Waals surface area contributed by atoms with Crippen molar-refractivity contribution >= 4 is 11.6 Å². The lowest BCUT2D eigenvalue weighted by molar-refractivity contribution is 0.0939. The van der Waals surface area contributed by atoms with Crippen LogP contribution in [0.25, 0.3) is 0 Å². The van der Waals surface area contributed by atoms with Crippen molar-refractivity contribution in [3.8, 4) is 5.75 Å². The average Bonchev–Trinajstić information content (AvgIpc) is 2.21. The lowest BCUT2D eigenvalue weighted by Gasteiger charge is -2.11. The summed E-state index contributed by atoms with van der Waals surface area (Å²) in [7, 11) is 0. The van der Waals surface area contributed by atoms with Gasteiger partial charge >= 0.3 is 0 Å². The molecule has 1 amide bonds. The Labute approximate surface area is 89.1 Å². The van der Waals surface area contributed by atoms with Crippen LogP contribution in [0.3, 0.4) is 0 Å². The van der Waals surface area contributed by atoms with Crippen LogP contribution in [0.5, 0.6) is 5.75 Å². The Bertz CT molecular complexity index is 364. The van der Waals surface area contributed by atoms with Crippen LogP contribution in [0.4, 0.5) is 5.69 Å². The minimum atomic E-state index is -0.195. The highest BCUT2D eigenvalue weighted by Gasteiger charge is 2.09. The van der Waals surface area contributed by atoms with Crippen LogP contribution in [0.1, 0.15) is 30.6 Å². The number of phenols is 1. The van der Waals surface area contributed by atoms with Gasteiger partial charge in [0.05, 0.1) is 5.69 Å². The van der Waals surface area contributed by atoms with Crippen molar-refractivity contribution in [2.45, 2.75) is 26.3 Å². The van der Waals surface area contributed by atoms with E-state index in [1.54, 1.807) is 6.07 Å². The Balaban J connectivity index is 2.78. The molecular weight excluding hydrogens is 192 g/mol. The van der Waals surface area contributed by atoms with Crippen LogP contribution >= 0.6 is 0 Å². The molecule has 82 valence electrons. The average molecular weight is 208 g/mol. The molecule has 0 aliphatic heterocycles. The van der Waals surface area contributed by atoms with Crippen molar-refractivity contribution in [3.05, 3.63) is 23.8 Å². The molecule has 0 spiro atoms. The number of hydrogen-bond acceptors (Lipinski definition) is 3. The first-order valence-corrected chi connectivity index (χ1v) is 4.94. The van der Waals surface area contributed by atoms with Crippen LogP contribution in [-0.2, 0) is 0 Å². The molecule has 0 saturated carbocycles. The standard InChI is InChI=1S/C11H16N2O2/c1-3-7(2)13-11(15)8-4-5-9(12)10(14)6-8/h4-7,14H,3,12H2,1-2H3,(H,13,15). The van der Waals surface area contributed by atoms with Crippen molar-refractivity contribution in [2.75, 3.05) is 5.73 Å². The Morgan fingerprint density at radius 1 is 1.60 bits per heavy atom. The van der Waals surface area contributed by atoms with Crippen LogP contribution in [0.15, 0.2) is 18.2 Å². The molecule has 0 heterocycles. The van der Waals surface area contributed by atoms with Crippen LogP contribution in [0, 0.1) is 0 Å². The number of nitrogens with two attached hydrogens (primary N) is 1. The summed E-state index contributed by atoms with van der Waals surface area (Å²) in [6.45, 7) is 3.92. The number of nitrogen functional groups attached to an aromatic ring is 1. The summed E-state index contributed by atoms with van der Waals surface area (Å²) in [5.74, 6) is -0.258. The number of aromatic hydroxyl groups is 1. The topological polar surface area (TPSA) is 75.4 Å². The Hall–Kier alpha value is -1.71.